The molecule has 0 unspecified atom stereocenters. The zero-order valence-electron chi connectivity index (χ0n) is 11.0. The van der Waals surface area contributed by atoms with Crippen LogP contribution in [0.5, 0.6) is 0 Å². The van der Waals surface area contributed by atoms with Crippen LogP contribution in [0.25, 0.3) is 0 Å². The van der Waals surface area contributed by atoms with Crippen LogP contribution in [0.4, 0.5) is 4.79 Å². The van der Waals surface area contributed by atoms with Crippen molar-refractivity contribution in [3.63, 3.8) is 0 Å². The molecule has 5 nitrogen and oxygen atoms in total. The van der Waals surface area contributed by atoms with Gasteiger partial charge < -0.3 is 15.0 Å². The maximum atomic E-state index is 11.6. The number of carbonyl (C=O) groups excluding carboxylic acids is 2. The number of alkyl carbamates (subject to hydrolysis) is 1. The standard InChI is InChI=1S/C11H22N2O3/c1-7-8(9(14)13(5)6)12-10(15)16-11(2,3)4/h8H,7H2,1-6H3,(H,12,15)/t8-/m1/s1. The van der Waals surface area contributed by atoms with Gasteiger partial charge in [-0.15, -0.1) is 0 Å². The fraction of sp³-hybridized carbons (Fsp3) is 0.818. The van der Waals surface area contributed by atoms with E-state index in [1.807, 2.05) is 6.92 Å². The molecule has 5 heteroatoms. The second-order valence-electron chi connectivity index (χ2n) is 4.84. The lowest BCUT2D eigenvalue weighted by atomic mass is 10.2. The van der Waals surface area contributed by atoms with Gasteiger partial charge in [0.1, 0.15) is 11.6 Å². The molecule has 0 saturated heterocycles. The molecule has 0 aromatic carbocycles. The maximum Gasteiger partial charge on any atom is 0.408 e. The molecule has 2 amide bonds. The Morgan fingerprint density at radius 3 is 2.12 bits per heavy atom. The molecule has 0 bridgehead atoms. The van der Waals surface area contributed by atoms with Gasteiger partial charge in [0, 0.05) is 14.1 Å². The first-order valence-corrected chi connectivity index (χ1v) is 5.38. The number of nitrogens with one attached hydrogen (secondary N) is 1. The minimum atomic E-state index is -0.561. The Balaban J connectivity index is 4.34. The van der Waals surface area contributed by atoms with Gasteiger partial charge >= 0.3 is 6.09 Å². The number of rotatable bonds is 3. The normalized spacial score (nSPS) is 12.9. The van der Waals surface area contributed by atoms with Gasteiger partial charge in [-0.1, -0.05) is 6.92 Å². The first kappa shape index (κ1) is 14.7. The van der Waals surface area contributed by atoms with Crippen molar-refractivity contribution in [2.45, 2.75) is 45.8 Å². The number of nitrogens with zero attached hydrogens (tertiary/aromatic N) is 1. The summed E-state index contributed by atoms with van der Waals surface area (Å²) < 4.78 is 5.08. The predicted octanol–water partition coefficient (Wildman–Crippen LogP) is 1.38. The zero-order valence-corrected chi connectivity index (χ0v) is 11.0. The molecule has 0 aliphatic carbocycles. The predicted molar refractivity (Wildman–Crippen MR) is 62.1 cm³/mol. The fourth-order valence-corrected chi connectivity index (χ4v) is 1.10. The molecular formula is C11H22N2O3. The molecule has 0 spiro atoms. The molecule has 0 aliphatic rings. The van der Waals surface area contributed by atoms with E-state index < -0.39 is 17.7 Å². The smallest absolute Gasteiger partial charge is 0.408 e. The van der Waals surface area contributed by atoms with E-state index in [0.29, 0.717) is 6.42 Å². The highest BCUT2D eigenvalue weighted by Crippen LogP contribution is 2.07. The first-order valence-electron chi connectivity index (χ1n) is 5.38. The van der Waals surface area contributed by atoms with Crippen LogP contribution in [-0.4, -0.2) is 42.6 Å². The number of hydrogen-bond acceptors (Lipinski definition) is 3. The third-order valence-electron chi connectivity index (χ3n) is 1.84. The lowest BCUT2D eigenvalue weighted by Gasteiger charge is -2.24. The Kier molecular flexibility index (Phi) is 5.27. The summed E-state index contributed by atoms with van der Waals surface area (Å²) in [6.45, 7) is 7.17. The molecule has 0 aromatic rings. The third-order valence-corrected chi connectivity index (χ3v) is 1.84. The van der Waals surface area contributed by atoms with E-state index in [1.54, 1.807) is 34.9 Å². The molecule has 16 heavy (non-hydrogen) atoms. The van der Waals surface area contributed by atoms with Crippen molar-refractivity contribution in [3.05, 3.63) is 0 Å². The summed E-state index contributed by atoms with van der Waals surface area (Å²) in [6, 6.07) is -0.523. The molecule has 1 N–H and O–H groups in total. The largest absolute Gasteiger partial charge is 0.444 e. The Hall–Kier alpha value is -1.26. The molecule has 0 aliphatic heterocycles. The number of carbonyl (C=O) groups is 2. The van der Waals surface area contributed by atoms with E-state index in [1.165, 1.54) is 4.90 Å². The van der Waals surface area contributed by atoms with E-state index in [-0.39, 0.29) is 5.91 Å². The molecular weight excluding hydrogens is 208 g/mol. The molecule has 94 valence electrons. The molecule has 0 fully saturated rings. The first-order chi connectivity index (χ1) is 7.17. The summed E-state index contributed by atoms with van der Waals surface area (Å²) in [7, 11) is 3.31. The highest BCUT2D eigenvalue weighted by atomic mass is 16.6. The van der Waals surface area contributed by atoms with Gasteiger partial charge in [-0.2, -0.15) is 0 Å². The minimum absolute atomic E-state index is 0.131. The zero-order chi connectivity index (χ0) is 12.9. The summed E-state index contributed by atoms with van der Waals surface area (Å²) in [5.74, 6) is -0.131. The molecule has 0 heterocycles. The number of amides is 2. The van der Waals surface area contributed by atoms with E-state index in [9.17, 15) is 9.59 Å². The Morgan fingerprint density at radius 2 is 1.81 bits per heavy atom. The molecule has 0 radical (unpaired) electrons. The number of likely N-dealkylation sites (N-methyl/N-ethyl adjacent to an activating group) is 1. The Morgan fingerprint density at radius 1 is 1.31 bits per heavy atom. The van der Waals surface area contributed by atoms with Crippen LogP contribution in [0, 0.1) is 0 Å². The number of ether oxygens (including phenoxy) is 1. The van der Waals surface area contributed by atoms with Gasteiger partial charge in [-0.05, 0) is 27.2 Å². The number of hydrogen-bond donors (Lipinski definition) is 1. The van der Waals surface area contributed by atoms with Crippen LogP contribution < -0.4 is 5.32 Å². The van der Waals surface area contributed by atoms with Crippen molar-refractivity contribution >= 4 is 12.0 Å². The fourth-order valence-electron chi connectivity index (χ4n) is 1.10. The average molecular weight is 230 g/mol. The highest BCUT2D eigenvalue weighted by Gasteiger charge is 2.23. The molecule has 0 rings (SSSR count). The van der Waals surface area contributed by atoms with E-state index in [4.69, 9.17) is 4.74 Å². The van der Waals surface area contributed by atoms with Crippen molar-refractivity contribution in [3.8, 4) is 0 Å². The van der Waals surface area contributed by atoms with Gasteiger partial charge in [0.15, 0.2) is 0 Å². The second-order valence-corrected chi connectivity index (χ2v) is 4.84. The Bertz CT molecular complexity index is 256. The van der Waals surface area contributed by atoms with Gasteiger partial charge in [-0.3, -0.25) is 4.79 Å². The SMILES string of the molecule is CC[C@@H](NC(=O)OC(C)(C)C)C(=O)N(C)C. The van der Waals surface area contributed by atoms with Crippen molar-refractivity contribution in [2.24, 2.45) is 0 Å². The Labute approximate surface area is 97.1 Å². The second kappa shape index (κ2) is 5.72. The molecule has 0 aromatic heterocycles. The average Bonchev–Trinajstić information content (AvgIpc) is 2.09. The van der Waals surface area contributed by atoms with Crippen LogP contribution in [0.1, 0.15) is 34.1 Å². The van der Waals surface area contributed by atoms with Gasteiger partial charge in [0.05, 0.1) is 0 Å². The van der Waals surface area contributed by atoms with Crippen molar-refractivity contribution in [1.82, 2.24) is 10.2 Å². The minimum Gasteiger partial charge on any atom is -0.444 e. The lowest BCUT2D eigenvalue weighted by molar-refractivity contribution is -0.131. The summed E-state index contributed by atoms with van der Waals surface area (Å²) in [5.41, 5.74) is -0.552. The topological polar surface area (TPSA) is 58.6 Å². The molecule has 1 atom stereocenters. The highest BCUT2D eigenvalue weighted by molar-refractivity contribution is 5.85. The van der Waals surface area contributed by atoms with Crippen LogP contribution in [0.2, 0.25) is 0 Å². The van der Waals surface area contributed by atoms with Crippen molar-refractivity contribution in [1.29, 1.82) is 0 Å². The van der Waals surface area contributed by atoms with E-state index in [2.05, 4.69) is 5.32 Å². The van der Waals surface area contributed by atoms with Gasteiger partial charge in [-0.25, -0.2) is 4.79 Å². The summed E-state index contributed by atoms with van der Waals surface area (Å²) in [4.78, 5) is 24.5. The van der Waals surface area contributed by atoms with Gasteiger partial charge in [0.2, 0.25) is 5.91 Å². The molecule has 0 saturated carbocycles. The van der Waals surface area contributed by atoms with Gasteiger partial charge in [0.25, 0.3) is 0 Å². The quantitative estimate of drug-likeness (QED) is 0.796. The van der Waals surface area contributed by atoms with E-state index in [0.717, 1.165) is 0 Å². The lowest BCUT2D eigenvalue weighted by Crippen LogP contribution is -2.47. The van der Waals surface area contributed by atoms with Crippen molar-refractivity contribution < 1.29 is 14.3 Å². The van der Waals surface area contributed by atoms with Crippen LogP contribution >= 0.6 is 0 Å². The van der Waals surface area contributed by atoms with E-state index >= 15 is 0 Å². The van der Waals surface area contributed by atoms with Crippen LogP contribution in [0.15, 0.2) is 0 Å². The van der Waals surface area contributed by atoms with Crippen molar-refractivity contribution in [2.75, 3.05) is 14.1 Å². The monoisotopic (exact) mass is 230 g/mol. The summed E-state index contributed by atoms with van der Waals surface area (Å²) >= 11 is 0. The maximum absolute atomic E-state index is 11.6. The third kappa shape index (κ3) is 5.58. The summed E-state index contributed by atoms with van der Waals surface area (Å²) in [5, 5.41) is 2.55. The van der Waals surface area contributed by atoms with Crippen LogP contribution in [-0.2, 0) is 9.53 Å². The summed E-state index contributed by atoms with van der Waals surface area (Å²) in [6.07, 6.45) is -0.0226. The van der Waals surface area contributed by atoms with Crippen LogP contribution in [0.3, 0.4) is 0 Å².